The first-order valence-electron chi connectivity index (χ1n) is 10.0. The Morgan fingerprint density at radius 1 is 1.03 bits per heavy atom. The minimum atomic E-state index is -0.158. The molecule has 1 fully saturated rings. The maximum atomic E-state index is 12.8. The molecule has 8 nitrogen and oxygen atoms in total. The second kappa shape index (κ2) is 8.89. The van der Waals surface area contributed by atoms with Gasteiger partial charge in [-0.2, -0.15) is 0 Å². The van der Waals surface area contributed by atoms with Crippen molar-refractivity contribution in [2.24, 2.45) is 0 Å². The molecule has 1 N–H and O–H groups in total. The highest BCUT2D eigenvalue weighted by Gasteiger charge is 2.24. The Bertz CT molecular complexity index is 1070. The number of urea groups is 1. The summed E-state index contributed by atoms with van der Waals surface area (Å²) in [6.07, 6.45) is 0. The van der Waals surface area contributed by atoms with Crippen LogP contribution in [-0.4, -0.2) is 63.4 Å². The summed E-state index contributed by atoms with van der Waals surface area (Å²) >= 11 is 1.70. The lowest BCUT2D eigenvalue weighted by Crippen LogP contribution is -2.50. The summed E-state index contributed by atoms with van der Waals surface area (Å²) in [4.78, 5) is 21.7. The predicted octanol–water partition coefficient (Wildman–Crippen LogP) is 3.98. The summed E-state index contributed by atoms with van der Waals surface area (Å²) in [7, 11) is 4.64. The molecule has 1 saturated heterocycles. The minimum absolute atomic E-state index is 0.158. The monoisotopic (exact) mass is 442 g/mol. The number of rotatable bonds is 5. The van der Waals surface area contributed by atoms with Crippen molar-refractivity contribution in [3.8, 4) is 17.2 Å². The summed E-state index contributed by atoms with van der Waals surface area (Å²) in [6.45, 7) is 4.79. The molecular formula is C22H26N4O4S. The fourth-order valence-corrected chi connectivity index (χ4v) is 4.76. The maximum absolute atomic E-state index is 12.8. The van der Waals surface area contributed by atoms with E-state index < -0.39 is 0 Å². The van der Waals surface area contributed by atoms with E-state index in [2.05, 4.69) is 35.3 Å². The first kappa shape index (κ1) is 21.0. The molecule has 0 spiro atoms. The van der Waals surface area contributed by atoms with E-state index in [-0.39, 0.29) is 6.03 Å². The van der Waals surface area contributed by atoms with Crippen LogP contribution in [0.3, 0.4) is 0 Å². The Hall–Kier alpha value is -3.20. The van der Waals surface area contributed by atoms with Crippen LogP contribution in [0.5, 0.6) is 17.2 Å². The van der Waals surface area contributed by atoms with Crippen molar-refractivity contribution in [3.05, 3.63) is 35.9 Å². The molecule has 3 aromatic rings. The Labute approximate surface area is 185 Å². The molecule has 2 amide bonds. The van der Waals surface area contributed by atoms with Crippen molar-refractivity contribution >= 4 is 38.4 Å². The normalized spacial score (nSPS) is 13.9. The number of para-hydroxylation sites is 1. The van der Waals surface area contributed by atoms with Gasteiger partial charge >= 0.3 is 6.03 Å². The van der Waals surface area contributed by atoms with Crippen LogP contribution in [0.25, 0.3) is 10.2 Å². The largest absolute Gasteiger partial charge is 0.493 e. The number of methoxy groups -OCH3 is 3. The SMILES string of the molecule is COc1cc(NC(=O)N2CCN(c3nc4c(C)cccc4s3)CC2)cc(OC)c1OC. The summed E-state index contributed by atoms with van der Waals surface area (Å²) in [5.41, 5.74) is 2.83. The number of ether oxygens (including phenoxy) is 3. The van der Waals surface area contributed by atoms with Gasteiger partial charge in [-0.15, -0.1) is 0 Å². The molecule has 0 atom stereocenters. The first-order chi connectivity index (χ1) is 15.0. The molecule has 1 aromatic heterocycles. The van der Waals surface area contributed by atoms with Gasteiger partial charge in [0.15, 0.2) is 16.6 Å². The van der Waals surface area contributed by atoms with E-state index in [0.717, 1.165) is 23.7 Å². The number of benzene rings is 2. The Kier molecular flexibility index (Phi) is 6.03. The highest BCUT2D eigenvalue weighted by molar-refractivity contribution is 7.22. The second-order valence-electron chi connectivity index (χ2n) is 7.24. The molecule has 1 aliphatic heterocycles. The fourth-order valence-electron chi connectivity index (χ4n) is 3.67. The van der Waals surface area contributed by atoms with Crippen molar-refractivity contribution in [3.63, 3.8) is 0 Å². The number of fused-ring (bicyclic) bond motifs is 1. The molecule has 4 rings (SSSR count). The zero-order chi connectivity index (χ0) is 22.0. The number of aromatic nitrogens is 1. The van der Waals surface area contributed by atoms with E-state index in [1.807, 2.05) is 0 Å². The lowest BCUT2D eigenvalue weighted by molar-refractivity contribution is 0.208. The van der Waals surface area contributed by atoms with Gasteiger partial charge < -0.3 is 29.3 Å². The lowest BCUT2D eigenvalue weighted by atomic mass is 10.2. The molecule has 0 unspecified atom stereocenters. The van der Waals surface area contributed by atoms with Gasteiger partial charge in [0.05, 0.1) is 37.2 Å². The topological polar surface area (TPSA) is 76.2 Å². The molecule has 0 aliphatic carbocycles. The summed E-state index contributed by atoms with van der Waals surface area (Å²) < 4.78 is 17.2. The molecular weight excluding hydrogens is 416 g/mol. The van der Waals surface area contributed by atoms with Gasteiger partial charge in [-0.05, 0) is 18.6 Å². The number of nitrogens with one attached hydrogen (secondary N) is 1. The standard InChI is InChI=1S/C22H26N4O4S/c1-14-6-5-7-18-19(14)24-22(31-18)26-10-8-25(9-11-26)21(27)23-15-12-16(28-2)20(30-4)17(13-15)29-3/h5-7,12-13H,8-11H2,1-4H3,(H,23,27). The van der Waals surface area contributed by atoms with Gasteiger partial charge in [-0.1, -0.05) is 23.5 Å². The number of carbonyl (C=O) groups excluding carboxylic acids is 1. The van der Waals surface area contributed by atoms with Gasteiger partial charge in [-0.25, -0.2) is 9.78 Å². The van der Waals surface area contributed by atoms with Crippen molar-refractivity contribution in [2.45, 2.75) is 6.92 Å². The van der Waals surface area contributed by atoms with Crippen LogP contribution in [0.15, 0.2) is 30.3 Å². The maximum Gasteiger partial charge on any atom is 0.321 e. The van der Waals surface area contributed by atoms with Crippen LogP contribution < -0.4 is 24.4 Å². The van der Waals surface area contributed by atoms with E-state index in [0.29, 0.717) is 36.0 Å². The lowest BCUT2D eigenvalue weighted by Gasteiger charge is -2.34. The second-order valence-corrected chi connectivity index (χ2v) is 8.25. The fraction of sp³-hybridized carbons (Fsp3) is 0.364. The van der Waals surface area contributed by atoms with Crippen molar-refractivity contribution in [1.29, 1.82) is 0 Å². The number of amides is 2. The van der Waals surface area contributed by atoms with Crippen molar-refractivity contribution < 1.29 is 19.0 Å². The molecule has 1 aliphatic rings. The number of hydrogen-bond acceptors (Lipinski definition) is 7. The van der Waals surface area contributed by atoms with Crippen molar-refractivity contribution in [2.75, 3.05) is 57.7 Å². The number of piperazine rings is 1. The van der Waals surface area contributed by atoms with E-state index in [4.69, 9.17) is 19.2 Å². The molecule has 9 heteroatoms. The summed E-state index contributed by atoms with van der Waals surface area (Å²) in [5, 5.41) is 3.94. The first-order valence-corrected chi connectivity index (χ1v) is 10.8. The molecule has 0 radical (unpaired) electrons. The van der Waals surface area contributed by atoms with Crippen LogP contribution in [0, 0.1) is 6.92 Å². The average molecular weight is 443 g/mol. The summed E-state index contributed by atoms with van der Waals surface area (Å²) in [6, 6.07) is 9.53. The number of aryl methyl sites for hydroxylation is 1. The van der Waals surface area contributed by atoms with E-state index in [1.165, 1.54) is 10.3 Å². The van der Waals surface area contributed by atoms with Crippen molar-refractivity contribution in [1.82, 2.24) is 9.88 Å². The zero-order valence-corrected chi connectivity index (χ0v) is 18.9. The third-order valence-corrected chi connectivity index (χ3v) is 6.44. The molecule has 0 bridgehead atoms. The minimum Gasteiger partial charge on any atom is -0.493 e. The van der Waals surface area contributed by atoms with Crippen LogP contribution >= 0.6 is 11.3 Å². The molecule has 0 saturated carbocycles. The third kappa shape index (κ3) is 4.18. The van der Waals surface area contributed by atoms with Gasteiger partial charge in [0, 0.05) is 38.3 Å². The van der Waals surface area contributed by atoms with Crippen LogP contribution in [-0.2, 0) is 0 Å². The quantitative estimate of drug-likeness (QED) is 0.644. The van der Waals surface area contributed by atoms with Crippen LogP contribution in [0.2, 0.25) is 0 Å². The molecule has 164 valence electrons. The average Bonchev–Trinajstić information content (AvgIpc) is 3.24. The van der Waals surface area contributed by atoms with Crippen LogP contribution in [0.1, 0.15) is 5.56 Å². The van der Waals surface area contributed by atoms with Gasteiger partial charge in [0.25, 0.3) is 0 Å². The van der Waals surface area contributed by atoms with Gasteiger partial charge in [0.1, 0.15) is 0 Å². The summed E-state index contributed by atoms with van der Waals surface area (Å²) in [5.74, 6) is 1.48. The smallest absolute Gasteiger partial charge is 0.321 e. The van der Waals surface area contributed by atoms with E-state index in [9.17, 15) is 4.79 Å². The highest BCUT2D eigenvalue weighted by Crippen LogP contribution is 2.40. The van der Waals surface area contributed by atoms with E-state index in [1.54, 1.807) is 49.7 Å². The number of hydrogen-bond donors (Lipinski definition) is 1. The number of anilines is 2. The molecule has 31 heavy (non-hydrogen) atoms. The Morgan fingerprint density at radius 2 is 1.71 bits per heavy atom. The Balaban J connectivity index is 1.42. The molecule has 2 heterocycles. The molecule has 2 aromatic carbocycles. The predicted molar refractivity (Wildman–Crippen MR) is 123 cm³/mol. The number of thiazole rings is 1. The van der Waals surface area contributed by atoms with E-state index >= 15 is 0 Å². The van der Waals surface area contributed by atoms with Gasteiger partial charge in [-0.3, -0.25) is 0 Å². The zero-order valence-electron chi connectivity index (χ0n) is 18.1. The number of carbonyl (C=O) groups is 1. The van der Waals surface area contributed by atoms with Crippen LogP contribution in [0.4, 0.5) is 15.6 Å². The number of nitrogens with zero attached hydrogens (tertiary/aromatic N) is 3. The Morgan fingerprint density at radius 3 is 2.29 bits per heavy atom. The third-order valence-electron chi connectivity index (χ3n) is 5.36. The van der Waals surface area contributed by atoms with Gasteiger partial charge in [0.2, 0.25) is 5.75 Å². The highest BCUT2D eigenvalue weighted by atomic mass is 32.1.